The highest BCUT2D eigenvalue weighted by molar-refractivity contribution is 5.87. The number of anilines is 1. The third-order valence-electron chi connectivity index (χ3n) is 7.24. The van der Waals surface area contributed by atoms with Gasteiger partial charge < -0.3 is 14.4 Å². The first-order valence-electron chi connectivity index (χ1n) is 13.0. The van der Waals surface area contributed by atoms with Crippen molar-refractivity contribution >= 4 is 11.3 Å². The molecule has 0 atom stereocenters. The van der Waals surface area contributed by atoms with E-state index in [0.29, 0.717) is 17.3 Å². The number of hydrogen-bond donors (Lipinski definition) is 0. The van der Waals surface area contributed by atoms with E-state index in [1.807, 2.05) is 44.0 Å². The van der Waals surface area contributed by atoms with E-state index in [1.54, 1.807) is 29.6 Å². The normalized spacial score (nSPS) is 13.9. The van der Waals surface area contributed by atoms with Crippen LogP contribution in [0.5, 0.6) is 11.8 Å². The SMILES string of the molecule is COc1ccc(CN2CCN(c3ccc(-c4cc(-c5cnn(C)c5)cn5ncc(C#N)c45)cn3)CC2)c(OC)n1. The molecule has 1 aliphatic rings. The van der Waals surface area contributed by atoms with Gasteiger partial charge in [0.15, 0.2) is 0 Å². The summed E-state index contributed by atoms with van der Waals surface area (Å²) in [5.41, 5.74) is 6.10. The molecule has 1 saturated heterocycles. The number of pyridine rings is 3. The Kier molecular flexibility index (Phi) is 6.76. The molecule has 0 aromatic carbocycles. The summed E-state index contributed by atoms with van der Waals surface area (Å²) in [6.07, 6.45) is 9.19. The lowest BCUT2D eigenvalue weighted by Crippen LogP contribution is -2.46. The van der Waals surface area contributed by atoms with E-state index < -0.39 is 0 Å². The van der Waals surface area contributed by atoms with Crippen LogP contribution >= 0.6 is 0 Å². The van der Waals surface area contributed by atoms with Crippen molar-refractivity contribution in [1.29, 1.82) is 5.26 Å². The Balaban J connectivity index is 1.20. The predicted octanol–water partition coefficient (Wildman–Crippen LogP) is 3.40. The smallest absolute Gasteiger partial charge is 0.220 e. The van der Waals surface area contributed by atoms with Crippen molar-refractivity contribution in [3.05, 3.63) is 72.4 Å². The molecule has 0 unspecified atom stereocenters. The molecule has 0 spiro atoms. The number of aromatic nitrogens is 6. The van der Waals surface area contributed by atoms with Gasteiger partial charge in [-0.3, -0.25) is 9.58 Å². The molecule has 0 aliphatic carbocycles. The Hall–Kier alpha value is -4.95. The molecule has 0 bridgehead atoms. The molecule has 1 aliphatic heterocycles. The van der Waals surface area contributed by atoms with Crippen LogP contribution in [0.25, 0.3) is 27.8 Å². The van der Waals surface area contributed by atoms with Crippen molar-refractivity contribution in [2.75, 3.05) is 45.3 Å². The van der Waals surface area contributed by atoms with E-state index in [4.69, 9.17) is 14.5 Å². The standard InChI is InChI=1S/C29H29N9O2/c1-35-17-24(16-32-35)22-12-25(28-23(13-30)15-33-38(28)19-22)20-4-6-26(31-14-20)37-10-8-36(9-11-37)18-21-5-7-27(39-2)34-29(21)40-3/h4-7,12,14-17,19H,8-11,18H2,1-3H3. The van der Waals surface area contributed by atoms with Crippen molar-refractivity contribution in [1.82, 2.24) is 34.3 Å². The van der Waals surface area contributed by atoms with Crippen LogP contribution in [-0.4, -0.2) is 74.7 Å². The molecule has 0 amide bonds. The van der Waals surface area contributed by atoms with E-state index in [9.17, 15) is 5.26 Å². The van der Waals surface area contributed by atoms with E-state index in [1.165, 1.54) is 0 Å². The zero-order valence-corrected chi connectivity index (χ0v) is 22.7. The van der Waals surface area contributed by atoms with E-state index in [-0.39, 0.29) is 0 Å². The van der Waals surface area contributed by atoms with Crippen LogP contribution in [0.1, 0.15) is 11.1 Å². The van der Waals surface area contributed by atoms with Crippen LogP contribution in [-0.2, 0) is 13.6 Å². The van der Waals surface area contributed by atoms with Crippen LogP contribution in [0.3, 0.4) is 0 Å². The molecule has 5 aromatic heterocycles. The Labute approximate surface area is 231 Å². The molecule has 202 valence electrons. The minimum Gasteiger partial charge on any atom is -0.481 e. The minimum absolute atomic E-state index is 0.525. The number of hydrogen-bond acceptors (Lipinski definition) is 9. The number of nitriles is 1. The van der Waals surface area contributed by atoms with E-state index in [0.717, 1.165) is 71.9 Å². The molecule has 6 rings (SSSR count). The number of aryl methyl sites for hydroxylation is 1. The summed E-state index contributed by atoms with van der Waals surface area (Å²) >= 11 is 0. The van der Waals surface area contributed by atoms with E-state index >= 15 is 0 Å². The van der Waals surface area contributed by atoms with Gasteiger partial charge in [0, 0.05) is 92.2 Å². The molecule has 1 fully saturated rings. The maximum atomic E-state index is 9.71. The van der Waals surface area contributed by atoms with Crippen LogP contribution in [0.4, 0.5) is 5.82 Å². The monoisotopic (exact) mass is 535 g/mol. The lowest BCUT2D eigenvalue weighted by molar-refractivity contribution is 0.244. The second-order valence-corrected chi connectivity index (χ2v) is 9.70. The summed E-state index contributed by atoms with van der Waals surface area (Å²) in [4.78, 5) is 13.9. The fourth-order valence-electron chi connectivity index (χ4n) is 5.12. The molecular weight excluding hydrogens is 506 g/mol. The highest BCUT2D eigenvalue weighted by Crippen LogP contribution is 2.32. The van der Waals surface area contributed by atoms with Crippen molar-refractivity contribution in [2.24, 2.45) is 7.05 Å². The lowest BCUT2D eigenvalue weighted by Gasteiger charge is -2.35. The first-order chi connectivity index (χ1) is 19.6. The number of methoxy groups -OCH3 is 2. The maximum Gasteiger partial charge on any atom is 0.220 e. The molecule has 0 N–H and O–H groups in total. The summed E-state index contributed by atoms with van der Waals surface area (Å²) in [7, 11) is 5.12. The first-order valence-corrected chi connectivity index (χ1v) is 13.0. The third kappa shape index (κ3) is 4.81. The molecule has 6 heterocycles. The van der Waals surface area contributed by atoms with Crippen molar-refractivity contribution < 1.29 is 9.47 Å². The second kappa shape index (κ2) is 10.7. The largest absolute Gasteiger partial charge is 0.481 e. The number of piperazine rings is 1. The van der Waals surface area contributed by atoms with Gasteiger partial charge in [0.1, 0.15) is 11.9 Å². The number of fused-ring (bicyclic) bond motifs is 1. The molecule has 0 saturated carbocycles. The van der Waals surface area contributed by atoms with Gasteiger partial charge in [0.25, 0.3) is 0 Å². The molecule has 11 nitrogen and oxygen atoms in total. The fourth-order valence-corrected chi connectivity index (χ4v) is 5.12. The average molecular weight is 536 g/mol. The van der Waals surface area contributed by atoms with Gasteiger partial charge in [-0.15, -0.1) is 0 Å². The van der Waals surface area contributed by atoms with Gasteiger partial charge in [-0.1, -0.05) is 0 Å². The van der Waals surface area contributed by atoms with Gasteiger partial charge in [-0.25, -0.2) is 9.50 Å². The molecule has 5 aromatic rings. The Morgan fingerprint density at radius 2 is 1.75 bits per heavy atom. The lowest BCUT2D eigenvalue weighted by atomic mass is 10.0. The Bertz CT molecular complexity index is 1690. The fraction of sp³-hybridized carbons (Fsp3) is 0.276. The predicted molar refractivity (Wildman–Crippen MR) is 150 cm³/mol. The van der Waals surface area contributed by atoms with Crippen LogP contribution in [0.2, 0.25) is 0 Å². The number of nitrogens with zero attached hydrogens (tertiary/aromatic N) is 9. The molecule has 11 heteroatoms. The van der Waals surface area contributed by atoms with E-state index in [2.05, 4.69) is 49.2 Å². The minimum atomic E-state index is 0.525. The van der Waals surface area contributed by atoms with Gasteiger partial charge >= 0.3 is 0 Å². The van der Waals surface area contributed by atoms with Crippen molar-refractivity contribution in [3.63, 3.8) is 0 Å². The molecular formula is C29H29N9O2. The summed E-state index contributed by atoms with van der Waals surface area (Å²) in [6.45, 7) is 4.28. The second-order valence-electron chi connectivity index (χ2n) is 9.70. The zero-order valence-electron chi connectivity index (χ0n) is 22.7. The highest BCUT2D eigenvalue weighted by Gasteiger charge is 2.21. The number of rotatable bonds is 7. The quantitative estimate of drug-likeness (QED) is 0.310. The summed E-state index contributed by atoms with van der Waals surface area (Å²) in [5.74, 6) is 2.07. The van der Waals surface area contributed by atoms with Gasteiger partial charge in [-0.2, -0.15) is 20.4 Å². The molecule has 40 heavy (non-hydrogen) atoms. The number of ether oxygens (including phenoxy) is 2. The third-order valence-corrected chi connectivity index (χ3v) is 7.24. The topological polar surface area (TPSA) is 110 Å². The summed E-state index contributed by atoms with van der Waals surface area (Å²) in [5, 5.41) is 18.4. The highest BCUT2D eigenvalue weighted by atomic mass is 16.5. The van der Waals surface area contributed by atoms with Gasteiger partial charge in [-0.05, 0) is 24.3 Å². The maximum absolute atomic E-state index is 9.71. The summed E-state index contributed by atoms with van der Waals surface area (Å²) in [6, 6.07) is 12.3. The van der Waals surface area contributed by atoms with Gasteiger partial charge in [0.05, 0.1) is 37.7 Å². The molecule has 0 radical (unpaired) electrons. The van der Waals surface area contributed by atoms with Crippen LogP contribution in [0.15, 0.2) is 61.3 Å². The zero-order chi connectivity index (χ0) is 27.6. The Morgan fingerprint density at radius 1 is 0.900 bits per heavy atom. The summed E-state index contributed by atoms with van der Waals surface area (Å²) < 4.78 is 14.2. The van der Waals surface area contributed by atoms with Gasteiger partial charge in [0.2, 0.25) is 11.8 Å². The Morgan fingerprint density at radius 3 is 2.42 bits per heavy atom. The van der Waals surface area contributed by atoms with Crippen molar-refractivity contribution in [3.8, 4) is 40.1 Å². The van der Waals surface area contributed by atoms with Crippen LogP contribution in [0, 0.1) is 11.3 Å². The van der Waals surface area contributed by atoms with Crippen LogP contribution < -0.4 is 14.4 Å². The average Bonchev–Trinajstić information content (AvgIpc) is 3.63. The first kappa shape index (κ1) is 25.3. The van der Waals surface area contributed by atoms with Crippen molar-refractivity contribution in [2.45, 2.75) is 6.54 Å².